The molecule has 0 aliphatic heterocycles. The fourth-order valence-electron chi connectivity index (χ4n) is 2.18. The number of para-hydroxylation sites is 1. The van der Waals surface area contributed by atoms with Crippen LogP contribution in [0.15, 0.2) is 60.6 Å². The van der Waals surface area contributed by atoms with E-state index in [1.54, 1.807) is 13.4 Å². The predicted octanol–water partition coefficient (Wildman–Crippen LogP) is 3.61. The SMILES string of the molecule is COc1ccccc1-c1cc(NC2=C[CH]CC=C2)ncn1. The van der Waals surface area contributed by atoms with Crippen molar-refractivity contribution in [3.05, 3.63) is 67.0 Å². The van der Waals surface area contributed by atoms with Crippen molar-refractivity contribution in [2.24, 2.45) is 0 Å². The van der Waals surface area contributed by atoms with Crippen molar-refractivity contribution in [1.82, 2.24) is 9.97 Å². The first-order valence-corrected chi connectivity index (χ1v) is 6.79. The Kier molecular flexibility index (Phi) is 3.96. The number of rotatable bonds is 4. The second-order valence-electron chi connectivity index (χ2n) is 4.61. The topological polar surface area (TPSA) is 47.0 Å². The van der Waals surface area contributed by atoms with Crippen LogP contribution in [0.3, 0.4) is 0 Å². The number of nitrogens with one attached hydrogen (secondary N) is 1. The number of aromatic nitrogens is 2. The Hall–Kier alpha value is -2.62. The highest BCUT2D eigenvalue weighted by atomic mass is 16.5. The Morgan fingerprint density at radius 1 is 1.19 bits per heavy atom. The van der Waals surface area contributed by atoms with Crippen molar-refractivity contribution in [2.75, 3.05) is 12.4 Å². The molecule has 4 heteroatoms. The lowest BCUT2D eigenvalue weighted by atomic mass is 10.1. The van der Waals surface area contributed by atoms with Crippen LogP contribution >= 0.6 is 0 Å². The van der Waals surface area contributed by atoms with Crippen molar-refractivity contribution < 1.29 is 4.74 Å². The normalized spacial score (nSPS) is 13.7. The lowest BCUT2D eigenvalue weighted by Crippen LogP contribution is -2.02. The lowest BCUT2D eigenvalue weighted by molar-refractivity contribution is 0.416. The Morgan fingerprint density at radius 3 is 2.90 bits per heavy atom. The molecule has 4 nitrogen and oxygen atoms in total. The molecule has 1 radical (unpaired) electrons. The monoisotopic (exact) mass is 278 g/mol. The molecule has 0 unspecified atom stereocenters. The summed E-state index contributed by atoms with van der Waals surface area (Å²) < 4.78 is 5.38. The van der Waals surface area contributed by atoms with Crippen LogP contribution in [-0.2, 0) is 0 Å². The van der Waals surface area contributed by atoms with Crippen molar-refractivity contribution in [3.8, 4) is 17.0 Å². The van der Waals surface area contributed by atoms with Gasteiger partial charge in [-0.25, -0.2) is 9.97 Å². The fraction of sp³-hybridized carbons (Fsp3) is 0.118. The van der Waals surface area contributed by atoms with E-state index in [-0.39, 0.29) is 0 Å². The van der Waals surface area contributed by atoms with Crippen LogP contribution in [0.5, 0.6) is 5.75 Å². The van der Waals surface area contributed by atoms with Gasteiger partial charge >= 0.3 is 0 Å². The molecule has 0 saturated heterocycles. The summed E-state index contributed by atoms with van der Waals surface area (Å²) in [4.78, 5) is 8.60. The lowest BCUT2D eigenvalue weighted by Gasteiger charge is -2.11. The molecule has 0 spiro atoms. The van der Waals surface area contributed by atoms with Gasteiger partial charge in [0.2, 0.25) is 0 Å². The number of hydrogen-bond acceptors (Lipinski definition) is 4. The zero-order chi connectivity index (χ0) is 14.5. The first-order valence-electron chi connectivity index (χ1n) is 6.79. The number of benzene rings is 1. The van der Waals surface area contributed by atoms with E-state index in [0.717, 1.165) is 34.9 Å². The van der Waals surface area contributed by atoms with Crippen LogP contribution in [-0.4, -0.2) is 17.1 Å². The van der Waals surface area contributed by atoms with E-state index in [0.29, 0.717) is 0 Å². The Labute approximate surface area is 124 Å². The molecular formula is C17H16N3O. The van der Waals surface area contributed by atoms with Gasteiger partial charge in [0.05, 0.1) is 12.8 Å². The zero-order valence-electron chi connectivity index (χ0n) is 11.8. The molecule has 0 amide bonds. The third-order valence-electron chi connectivity index (χ3n) is 3.19. The van der Waals surface area contributed by atoms with Crippen molar-refractivity contribution in [2.45, 2.75) is 6.42 Å². The van der Waals surface area contributed by atoms with Crippen molar-refractivity contribution >= 4 is 5.82 Å². The second kappa shape index (κ2) is 6.22. The molecule has 0 bridgehead atoms. The van der Waals surface area contributed by atoms with Crippen LogP contribution in [0, 0.1) is 6.42 Å². The van der Waals surface area contributed by atoms with Gasteiger partial charge in [-0.1, -0.05) is 24.3 Å². The molecule has 21 heavy (non-hydrogen) atoms. The maximum Gasteiger partial charge on any atom is 0.134 e. The van der Waals surface area contributed by atoms with Crippen LogP contribution in [0.2, 0.25) is 0 Å². The highest BCUT2D eigenvalue weighted by Crippen LogP contribution is 2.29. The Morgan fingerprint density at radius 2 is 2.10 bits per heavy atom. The van der Waals surface area contributed by atoms with Crippen LogP contribution in [0.25, 0.3) is 11.3 Å². The highest BCUT2D eigenvalue weighted by molar-refractivity contribution is 5.69. The predicted molar refractivity (Wildman–Crippen MR) is 83.8 cm³/mol. The summed E-state index contributed by atoms with van der Waals surface area (Å²) in [5, 5.41) is 3.28. The van der Waals surface area contributed by atoms with E-state index in [9.17, 15) is 0 Å². The van der Waals surface area contributed by atoms with Gasteiger partial charge in [0.25, 0.3) is 0 Å². The molecule has 2 aromatic rings. The van der Waals surface area contributed by atoms with E-state index < -0.39 is 0 Å². The average Bonchev–Trinajstić information content (AvgIpc) is 2.56. The molecule has 105 valence electrons. The summed E-state index contributed by atoms with van der Waals surface area (Å²) in [6.45, 7) is 0. The van der Waals surface area contributed by atoms with Crippen molar-refractivity contribution in [3.63, 3.8) is 0 Å². The molecule has 0 atom stereocenters. The molecule has 1 aliphatic rings. The van der Waals surface area contributed by atoms with Gasteiger partial charge in [0.1, 0.15) is 17.9 Å². The van der Waals surface area contributed by atoms with Gasteiger partial charge in [-0.05, 0) is 31.1 Å². The van der Waals surface area contributed by atoms with Crippen molar-refractivity contribution in [1.29, 1.82) is 0 Å². The highest BCUT2D eigenvalue weighted by Gasteiger charge is 2.08. The van der Waals surface area contributed by atoms with Crippen LogP contribution < -0.4 is 10.1 Å². The molecule has 1 aromatic heterocycles. The molecule has 1 aliphatic carbocycles. The molecule has 0 fully saturated rings. The number of allylic oxidation sites excluding steroid dienone is 3. The Bertz CT molecular complexity index is 692. The zero-order valence-corrected chi connectivity index (χ0v) is 11.8. The first-order chi connectivity index (χ1) is 10.4. The van der Waals surface area contributed by atoms with E-state index in [4.69, 9.17) is 4.74 Å². The minimum absolute atomic E-state index is 0.761. The molecular weight excluding hydrogens is 262 g/mol. The second-order valence-corrected chi connectivity index (χ2v) is 4.61. The third-order valence-corrected chi connectivity index (χ3v) is 3.19. The number of methoxy groups -OCH3 is 1. The maximum absolute atomic E-state index is 5.38. The van der Waals surface area contributed by atoms with Gasteiger partial charge in [-0.15, -0.1) is 0 Å². The fourth-order valence-corrected chi connectivity index (χ4v) is 2.18. The smallest absolute Gasteiger partial charge is 0.134 e. The summed E-state index contributed by atoms with van der Waals surface area (Å²) in [7, 11) is 1.66. The van der Waals surface area contributed by atoms with E-state index in [1.165, 1.54) is 0 Å². The summed E-state index contributed by atoms with van der Waals surface area (Å²) in [6.07, 6.45) is 10.8. The largest absolute Gasteiger partial charge is 0.496 e. The number of hydrogen-bond donors (Lipinski definition) is 1. The standard InChI is InChI=1S/C17H16N3O/c1-21-16-10-6-5-9-14(16)15-11-17(19-12-18-15)20-13-7-3-2-4-8-13/h3-12H,2H2,1H3,(H,18,19,20). The first kappa shape index (κ1) is 13.4. The third kappa shape index (κ3) is 3.11. The van der Waals surface area contributed by atoms with Gasteiger partial charge in [0.15, 0.2) is 0 Å². The number of nitrogens with zero attached hydrogens (tertiary/aromatic N) is 2. The van der Waals surface area contributed by atoms with E-state index in [1.807, 2.05) is 42.5 Å². The van der Waals surface area contributed by atoms with Gasteiger partial charge in [0, 0.05) is 17.3 Å². The summed E-state index contributed by atoms with van der Waals surface area (Å²) in [6, 6.07) is 9.73. The van der Waals surface area contributed by atoms with Crippen LogP contribution in [0.4, 0.5) is 5.82 Å². The number of ether oxygens (including phenoxy) is 1. The van der Waals surface area contributed by atoms with E-state index >= 15 is 0 Å². The molecule has 1 heterocycles. The summed E-state index contributed by atoms with van der Waals surface area (Å²) in [5.41, 5.74) is 2.80. The molecule has 1 aromatic carbocycles. The van der Waals surface area contributed by atoms with Crippen LogP contribution in [0.1, 0.15) is 6.42 Å². The molecule has 3 rings (SSSR count). The van der Waals surface area contributed by atoms with Gasteiger partial charge in [-0.3, -0.25) is 0 Å². The molecule has 1 N–H and O–H groups in total. The van der Waals surface area contributed by atoms with E-state index in [2.05, 4.69) is 27.8 Å². The molecule has 0 saturated carbocycles. The quantitative estimate of drug-likeness (QED) is 0.928. The van der Waals surface area contributed by atoms with Gasteiger partial charge in [-0.2, -0.15) is 0 Å². The minimum Gasteiger partial charge on any atom is -0.496 e. The average molecular weight is 278 g/mol. The summed E-state index contributed by atoms with van der Waals surface area (Å²) in [5.74, 6) is 1.56. The van der Waals surface area contributed by atoms with Gasteiger partial charge < -0.3 is 10.1 Å². The summed E-state index contributed by atoms with van der Waals surface area (Å²) >= 11 is 0. The Balaban J connectivity index is 1.89. The number of anilines is 1. The maximum atomic E-state index is 5.38. The minimum atomic E-state index is 0.761.